The third-order valence-corrected chi connectivity index (χ3v) is 5.05. The molecule has 2 atom stereocenters. The molecule has 0 amide bonds. The van der Waals surface area contributed by atoms with E-state index in [1.807, 2.05) is 0 Å². The Labute approximate surface area is 116 Å². The third-order valence-electron chi connectivity index (χ3n) is 3.17. The van der Waals surface area contributed by atoms with Gasteiger partial charge >= 0.3 is 0 Å². The summed E-state index contributed by atoms with van der Waals surface area (Å²) in [6.45, 7) is 7.80. The molecule has 18 heavy (non-hydrogen) atoms. The van der Waals surface area contributed by atoms with Crippen LogP contribution >= 0.6 is 11.6 Å². The average Bonchev–Trinajstić information content (AvgIpc) is 2.26. The molecule has 1 saturated heterocycles. The lowest BCUT2D eigenvalue weighted by Crippen LogP contribution is -2.46. The van der Waals surface area contributed by atoms with Crippen LogP contribution < -0.4 is 4.72 Å². The molecule has 1 heterocycles. The maximum atomic E-state index is 12.1. The van der Waals surface area contributed by atoms with Gasteiger partial charge in [0.2, 0.25) is 0 Å². The van der Waals surface area contributed by atoms with Crippen LogP contribution in [0.1, 0.15) is 40.0 Å². The van der Waals surface area contributed by atoms with E-state index >= 15 is 0 Å². The van der Waals surface area contributed by atoms with Crippen LogP contribution in [0.15, 0.2) is 0 Å². The number of nitrogens with one attached hydrogen (secondary N) is 1. The van der Waals surface area contributed by atoms with Crippen molar-refractivity contribution >= 4 is 21.8 Å². The van der Waals surface area contributed by atoms with Gasteiger partial charge in [-0.15, -0.1) is 11.6 Å². The Hall–Kier alpha value is 0.160. The molecule has 1 aliphatic rings. The van der Waals surface area contributed by atoms with E-state index in [2.05, 4.69) is 25.5 Å². The molecule has 0 aromatic heterocycles. The maximum Gasteiger partial charge on any atom is 0.279 e. The number of rotatable bonds is 6. The van der Waals surface area contributed by atoms with Gasteiger partial charge in [-0.3, -0.25) is 0 Å². The van der Waals surface area contributed by atoms with Gasteiger partial charge in [0.05, 0.1) is 0 Å². The topological polar surface area (TPSA) is 49.4 Å². The zero-order chi connectivity index (χ0) is 13.8. The highest BCUT2D eigenvalue weighted by molar-refractivity contribution is 7.87. The highest BCUT2D eigenvalue weighted by Crippen LogP contribution is 2.18. The Morgan fingerprint density at radius 3 is 2.67 bits per heavy atom. The van der Waals surface area contributed by atoms with E-state index in [-0.39, 0.29) is 5.38 Å². The van der Waals surface area contributed by atoms with Gasteiger partial charge < -0.3 is 0 Å². The van der Waals surface area contributed by atoms with Crippen LogP contribution in [-0.4, -0.2) is 37.7 Å². The minimum atomic E-state index is -3.35. The lowest BCUT2D eigenvalue weighted by molar-refractivity contribution is 0.278. The van der Waals surface area contributed by atoms with Crippen LogP contribution in [-0.2, 0) is 10.2 Å². The summed E-state index contributed by atoms with van der Waals surface area (Å²) in [4.78, 5) is 0. The molecule has 6 heteroatoms. The summed E-state index contributed by atoms with van der Waals surface area (Å²) in [5.41, 5.74) is 0. The molecule has 0 aliphatic carbocycles. The number of hydrogen-bond acceptors (Lipinski definition) is 2. The Kier molecular flexibility index (Phi) is 6.38. The van der Waals surface area contributed by atoms with E-state index in [9.17, 15) is 8.42 Å². The fourth-order valence-corrected chi connectivity index (χ4v) is 4.19. The summed E-state index contributed by atoms with van der Waals surface area (Å²) in [5.74, 6) is 0.921. The smallest absolute Gasteiger partial charge is 0.201 e. The predicted octanol–water partition coefficient (Wildman–Crippen LogP) is 2.21. The molecule has 1 aliphatic heterocycles. The molecule has 0 bridgehead atoms. The quantitative estimate of drug-likeness (QED) is 0.764. The van der Waals surface area contributed by atoms with Gasteiger partial charge in [-0.1, -0.05) is 20.8 Å². The first-order valence-corrected chi connectivity index (χ1v) is 8.57. The molecule has 108 valence electrons. The van der Waals surface area contributed by atoms with Crippen molar-refractivity contribution in [2.45, 2.75) is 45.4 Å². The second-order valence-corrected chi connectivity index (χ2v) is 8.06. The molecule has 0 aromatic rings. The highest BCUT2D eigenvalue weighted by atomic mass is 35.5. The van der Waals surface area contributed by atoms with Crippen molar-refractivity contribution < 1.29 is 8.42 Å². The van der Waals surface area contributed by atoms with Gasteiger partial charge in [0.1, 0.15) is 0 Å². The highest BCUT2D eigenvalue weighted by Gasteiger charge is 2.27. The van der Waals surface area contributed by atoms with Gasteiger partial charge in [-0.25, -0.2) is 4.72 Å². The van der Waals surface area contributed by atoms with Crippen LogP contribution in [0.4, 0.5) is 0 Å². The first-order valence-electron chi connectivity index (χ1n) is 6.70. The lowest BCUT2D eigenvalue weighted by Gasteiger charge is -2.30. The minimum absolute atomic E-state index is 0.137. The van der Waals surface area contributed by atoms with E-state index in [4.69, 9.17) is 11.6 Å². The van der Waals surface area contributed by atoms with Crippen LogP contribution in [0.5, 0.6) is 0 Å². The molecule has 0 aromatic carbocycles. The van der Waals surface area contributed by atoms with Gasteiger partial charge in [0.15, 0.2) is 0 Å². The molecule has 2 unspecified atom stereocenters. The summed E-state index contributed by atoms with van der Waals surface area (Å²) < 4.78 is 28.3. The summed E-state index contributed by atoms with van der Waals surface area (Å²) >= 11 is 6.10. The van der Waals surface area contributed by atoms with Gasteiger partial charge in [-0.2, -0.15) is 12.7 Å². The minimum Gasteiger partial charge on any atom is -0.201 e. The lowest BCUT2D eigenvalue weighted by atomic mass is 10.0. The second-order valence-electron chi connectivity index (χ2n) is 5.69. The van der Waals surface area contributed by atoms with Crippen molar-refractivity contribution in [1.82, 2.24) is 9.03 Å². The monoisotopic (exact) mass is 296 g/mol. The number of piperidine rings is 1. The number of halogens is 1. The van der Waals surface area contributed by atoms with Gasteiger partial charge in [-0.05, 0) is 31.1 Å². The third kappa shape index (κ3) is 5.43. The molecule has 4 nitrogen and oxygen atoms in total. The first kappa shape index (κ1) is 16.2. The van der Waals surface area contributed by atoms with Crippen molar-refractivity contribution in [2.75, 3.05) is 19.6 Å². The van der Waals surface area contributed by atoms with E-state index in [1.165, 1.54) is 0 Å². The van der Waals surface area contributed by atoms with E-state index in [0.29, 0.717) is 31.5 Å². The fourth-order valence-electron chi connectivity index (χ4n) is 2.25. The van der Waals surface area contributed by atoms with Crippen molar-refractivity contribution in [3.63, 3.8) is 0 Å². The van der Waals surface area contributed by atoms with Crippen molar-refractivity contribution in [3.05, 3.63) is 0 Å². The van der Waals surface area contributed by atoms with E-state index in [0.717, 1.165) is 19.3 Å². The summed E-state index contributed by atoms with van der Waals surface area (Å²) in [6.07, 6.45) is 2.87. The Bertz CT molecular complexity index is 346. The Morgan fingerprint density at radius 1 is 1.44 bits per heavy atom. The SMILES string of the molecule is CC(C)CC(Cl)CNS(=O)(=O)N1CCCC(C)C1. The van der Waals surface area contributed by atoms with Gasteiger partial charge in [0.25, 0.3) is 10.2 Å². The molecule has 0 spiro atoms. The number of nitrogens with zero attached hydrogens (tertiary/aromatic N) is 1. The summed E-state index contributed by atoms with van der Waals surface area (Å²) in [6, 6.07) is 0. The zero-order valence-electron chi connectivity index (χ0n) is 11.5. The molecular weight excluding hydrogens is 272 g/mol. The van der Waals surface area contributed by atoms with E-state index in [1.54, 1.807) is 4.31 Å². The van der Waals surface area contributed by atoms with Crippen LogP contribution in [0.2, 0.25) is 0 Å². The standard InChI is InChI=1S/C12H25ClN2O2S/c1-10(2)7-12(13)8-14-18(16,17)15-6-4-5-11(3)9-15/h10-12,14H,4-9H2,1-3H3. The molecule has 0 radical (unpaired) electrons. The molecule has 0 saturated carbocycles. The maximum absolute atomic E-state index is 12.1. The molecule has 1 rings (SSSR count). The largest absolute Gasteiger partial charge is 0.279 e. The normalized spacial score (nSPS) is 24.4. The van der Waals surface area contributed by atoms with Crippen LogP contribution in [0.3, 0.4) is 0 Å². The summed E-state index contributed by atoms with van der Waals surface area (Å²) in [7, 11) is -3.35. The zero-order valence-corrected chi connectivity index (χ0v) is 13.1. The molecule has 1 fully saturated rings. The van der Waals surface area contributed by atoms with Crippen molar-refractivity contribution in [2.24, 2.45) is 11.8 Å². The average molecular weight is 297 g/mol. The molecular formula is C12H25ClN2O2S. The second kappa shape index (κ2) is 7.08. The van der Waals surface area contributed by atoms with Crippen molar-refractivity contribution in [1.29, 1.82) is 0 Å². The Morgan fingerprint density at radius 2 is 2.11 bits per heavy atom. The Balaban J connectivity index is 2.44. The fraction of sp³-hybridized carbons (Fsp3) is 1.00. The van der Waals surface area contributed by atoms with Crippen LogP contribution in [0, 0.1) is 11.8 Å². The van der Waals surface area contributed by atoms with Crippen LogP contribution in [0.25, 0.3) is 0 Å². The first-order chi connectivity index (χ1) is 8.31. The van der Waals surface area contributed by atoms with E-state index < -0.39 is 10.2 Å². The number of hydrogen-bond donors (Lipinski definition) is 1. The van der Waals surface area contributed by atoms with Gasteiger partial charge in [0, 0.05) is 25.0 Å². The molecule has 1 N–H and O–H groups in total. The number of alkyl halides is 1. The summed E-state index contributed by atoms with van der Waals surface area (Å²) in [5, 5.41) is -0.137. The predicted molar refractivity (Wildman–Crippen MR) is 76.0 cm³/mol. The van der Waals surface area contributed by atoms with Crippen molar-refractivity contribution in [3.8, 4) is 0 Å².